The van der Waals surface area contributed by atoms with E-state index in [1.54, 1.807) is 17.0 Å². The molecule has 2 amide bonds. The van der Waals surface area contributed by atoms with Gasteiger partial charge in [-0.15, -0.1) is 24.5 Å². The summed E-state index contributed by atoms with van der Waals surface area (Å²) in [5.74, 6) is -0.748. The second-order valence-electron chi connectivity index (χ2n) is 8.14. The SMILES string of the molecule is O=C(NCc1ccccc1OC(F)(F)F)c1ccc(CN2CCN(C(=O)C3COCCO3)CC2)s1. The molecule has 2 aromatic rings. The number of nitrogens with zero attached hydrogens (tertiary/aromatic N) is 2. The van der Waals surface area contributed by atoms with Crippen molar-refractivity contribution in [2.24, 2.45) is 0 Å². The summed E-state index contributed by atoms with van der Waals surface area (Å²) >= 11 is 1.33. The molecular formula is C23H26F3N3O5S. The summed E-state index contributed by atoms with van der Waals surface area (Å²) in [7, 11) is 0. The first-order valence-corrected chi connectivity index (χ1v) is 12.0. The summed E-state index contributed by atoms with van der Waals surface area (Å²) in [5.41, 5.74) is 0.229. The number of alkyl halides is 3. The van der Waals surface area contributed by atoms with Gasteiger partial charge in [-0.05, 0) is 18.2 Å². The third kappa shape index (κ3) is 7.17. The summed E-state index contributed by atoms with van der Waals surface area (Å²) in [6.45, 7) is 4.38. The topological polar surface area (TPSA) is 80.3 Å². The molecule has 1 atom stereocenters. The zero-order valence-corrected chi connectivity index (χ0v) is 19.7. The monoisotopic (exact) mass is 513 g/mol. The molecule has 1 aromatic carbocycles. The lowest BCUT2D eigenvalue weighted by Crippen LogP contribution is -2.53. The van der Waals surface area contributed by atoms with Crippen LogP contribution in [-0.2, 0) is 27.4 Å². The van der Waals surface area contributed by atoms with E-state index >= 15 is 0 Å². The van der Waals surface area contributed by atoms with Crippen LogP contribution in [0.2, 0.25) is 0 Å². The average Bonchev–Trinajstić information content (AvgIpc) is 3.31. The van der Waals surface area contributed by atoms with Crippen molar-refractivity contribution in [2.75, 3.05) is 46.0 Å². The third-order valence-electron chi connectivity index (χ3n) is 5.68. The van der Waals surface area contributed by atoms with Gasteiger partial charge in [0.05, 0.1) is 24.7 Å². The van der Waals surface area contributed by atoms with E-state index in [1.807, 2.05) is 6.07 Å². The number of piperazine rings is 1. The van der Waals surface area contributed by atoms with Crippen LogP contribution in [0.1, 0.15) is 20.1 Å². The Balaban J connectivity index is 1.25. The van der Waals surface area contributed by atoms with Gasteiger partial charge in [-0.3, -0.25) is 14.5 Å². The lowest BCUT2D eigenvalue weighted by Gasteiger charge is -2.36. The average molecular weight is 514 g/mol. The minimum atomic E-state index is -4.81. The predicted octanol–water partition coefficient (Wildman–Crippen LogP) is 2.64. The number of para-hydroxylation sites is 1. The molecule has 0 spiro atoms. The van der Waals surface area contributed by atoms with Crippen LogP contribution in [0.15, 0.2) is 36.4 Å². The number of benzene rings is 1. The van der Waals surface area contributed by atoms with Crippen LogP contribution >= 0.6 is 11.3 Å². The minimum absolute atomic E-state index is 0.0401. The van der Waals surface area contributed by atoms with Gasteiger partial charge in [0.15, 0.2) is 6.10 Å². The molecule has 4 rings (SSSR count). The van der Waals surface area contributed by atoms with E-state index < -0.39 is 12.5 Å². The van der Waals surface area contributed by atoms with E-state index in [1.165, 1.54) is 29.5 Å². The van der Waals surface area contributed by atoms with Crippen LogP contribution in [-0.4, -0.2) is 80.1 Å². The van der Waals surface area contributed by atoms with E-state index in [0.717, 1.165) is 4.88 Å². The van der Waals surface area contributed by atoms with Gasteiger partial charge in [-0.2, -0.15) is 0 Å². The summed E-state index contributed by atoms with van der Waals surface area (Å²) < 4.78 is 52.6. The molecule has 8 nitrogen and oxygen atoms in total. The first-order valence-electron chi connectivity index (χ1n) is 11.2. The molecule has 3 heterocycles. The summed E-state index contributed by atoms with van der Waals surface area (Å²) in [4.78, 5) is 30.6. The molecule has 190 valence electrons. The number of thiophene rings is 1. The Bertz CT molecular complexity index is 1020. The van der Waals surface area contributed by atoms with E-state index in [0.29, 0.717) is 57.4 Å². The smallest absolute Gasteiger partial charge is 0.405 e. The Morgan fingerprint density at radius 1 is 1.09 bits per heavy atom. The van der Waals surface area contributed by atoms with Crippen LogP contribution in [0.4, 0.5) is 13.2 Å². The highest BCUT2D eigenvalue weighted by atomic mass is 32.1. The minimum Gasteiger partial charge on any atom is -0.405 e. The zero-order valence-electron chi connectivity index (χ0n) is 18.9. The Morgan fingerprint density at radius 3 is 2.57 bits per heavy atom. The molecule has 0 radical (unpaired) electrons. The van der Waals surface area contributed by atoms with Crippen LogP contribution in [0.5, 0.6) is 5.75 Å². The molecule has 2 fully saturated rings. The fraction of sp³-hybridized carbons (Fsp3) is 0.478. The normalized spacial score (nSPS) is 19.4. The van der Waals surface area contributed by atoms with Gasteiger partial charge in [0.1, 0.15) is 5.75 Å². The predicted molar refractivity (Wildman–Crippen MR) is 121 cm³/mol. The Kier molecular flexibility index (Phi) is 8.26. The van der Waals surface area contributed by atoms with Crippen molar-refractivity contribution in [1.82, 2.24) is 15.1 Å². The number of carbonyl (C=O) groups excluding carboxylic acids is 2. The maximum Gasteiger partial charge on any atom is 0.573 e. The van der Waals surface area contributed by atoms with E-state index in [-0.39, 0.29) is 29.7 Å². The van der Waals surface area contributed by atoms with E-state index in [4.69, 9.17) is 9.47 Å². The second kappa shape index (κ2) is 11.4. The van der Waals surface area contributed by atoms with Crippen molar-refractivity contribution in [3.63, 3.8) is 0 Å². The van der Waals surface area contributed by atoms with Crippen LogP contribution in [0.25, 0.3) is 0 Å². The van der Waals surface area contributed by atoms with Gasteiger partial charge >= 0.3 is 6.36 Å². The highest BCUT2D eigenvalue weighted by molar-refractivity contribution is 7.14. The van der Waals surface area contributed by atoms with Gasteiger partial charge in [0.25, 0.3) is 11.8 Å². The van der Waals surface area contributed by atoms with Gasteiger partial charge in [0, 0.05) is 49.7 Å². The van der Waals surface area contributed by atoms with Crippen molar-refractivity contribution in [3.8, 4) is 5.75 Å². The molecule has 0 bridgehead atoms. The van der Waals surface area contributed by atoms with Crippen molar-refractivity contribution in [3.05, 3.63) is 51.7 Å². The molecule has 0 saturated carbocycles. The van der Waals surface area contributed by atoms with Crippen LogP contribution < -0.4 is 10.1 Å². The second-order valence-corrected chi connectivity index (χ2v) is 9.31. The van der Waals surface area contributed by atoms with Crippen LogP contribution in [0.3, 0.4) is 0 Å². The molecule has 1 unspecified atom stereocenters. The molecule has 1 N–H and O–H groups in total. The van der Waals surface area contributed by atoms with Crippen molar-refractivity contribution >= 4 is 23.2 Å². The van der Waals surface area contributed by atoms with Crippen molar-refractivity contribution in [2.45, 2.75) is 25.6 Å². The van der Waals surface area contributed by atoms with Crippen molar-refractivity contribution in [1.29, 1.82) is 0 Å². The molecule has 1 aromatic heterocycles. The maximum absolute atomic E-state index is 12.6. The quantitative estimate of drug-likeness (QED) is 0.613. The third-order valence-corrected chi connectivity index (χ3v) is 6.75. The number of ether oxygens (including phenoxy) is 3. The Labute approximate surface area is 204 Å². The van der Waals surface area contributed by atoms with Gasteiger partial charge in [-0.25, -0.2) is 0 Å². The lowest BCUT2D eigenvalue weighted by molar-refractivity contribution is -0.274. The summed E-state index contributed by atoms with van der Waals surface area (Å²) in [6.07, 6.45) is -5.33. The highest BCUT2D eigenvalue weighted by Crippen LogP contribution is 2.26. The molecule has 2 aliphatic heterocycles. The number of carbonyl (C=O) groups is 2. The Hall–Kier alpha value is -2.67. The zero-order chi connectivity index (χ0) is 24.8. The summed E-state index contributed by atoms with van der Waals surface area (Å²) in [6, 6.07) is 9.27. The van der Waals surface area contributed by atoms with E-state index in [2.05, 4.69) is 15.0 Å². The molecule has 2 saturated heterocycles. The molecule has 12 heteroatoms. The molecule has 35 heavy (non-hydrogen) atoms. The van der Waals surface area contributed by atoms with Crippen molar-refractivity contribution < 1.29 is 37.0 Å². The first kappa shape index (κ1) is 25.4. The van der Waals surface area contributed by atoms with Gasteiger partial charge in [0.2, 0.25) is 0 Å². The largest absolute Gasteiger partial charge is 0.573 e. The lowest BCUT2D eigenvalue weighted by atomic mass is 10.2. The maximum atomic E-state index is 12.6. The fourth-order valence-electron chi connectivity index (χ4n) is 3.90. The van der Waals surface area contributed by atoms with Crippen LogP contribution in [0, 0.1) is 0 Å². The fourth-order valence-corrected chi connectivity index (χ4v) is 4.87. The molecule has 0 aliphatic carbocycles. The number of hydrogen-bond acceptors (Lipinski definition) is 7. The Morgan fingerprint density at radius 2 is 1.86 bits per heavy atom. The number of rotatable bonds is 7. The number of nitrogens with one attached hydrogen (secondary N) is 1. The van der Waals surface area contributed by atoms with Gasteiger partial charge in [-0.1, -0.05) is 18.2 Å². The standard InChI is InChI=1S/C23H26F3N3O5S/c24-23(25,26)34-18-4-2-1-3-16(18)13-27-21(30)20-6-5-17(35-20)14-28-7-9-29(10-8-28)22(31)19-15-32-11-12-33-19/h1-6,19H,7-15H2,(H,27,30). The molecular weight excluding hydrogens is 487 g/mol. The number of amides is 2. The highest BCUT2D eigenvalue weighted by Gasteiger charge is 2.32. The first-order chi connectivity index (χ1) is 16.8. The summed E-state index contributed by atoms with van der Waals surface area (Å²) in [5, 5.41) is 2.65. The van der Waals surface area contributed by atoms with E-state index in [9.17, 15) is 22.8 Å². The number of halogens is 3. The number of hydrogen-bond donors (Lipinski definition) is 1. The molecule has 2 aliphatic rings. The van der Waals surface area contributed by atoms with Gasteiger partial charge < -0.3 is 24.4 Å².